The zero-order valence-electron chi connectivity index (χ0n) is 21.9. The predicted molar refractivity (Wildman–Crippen MR) is 148 cm³/mol. The Kier molecular flexibility index (Phi) is 9.57. The maximum atomic E-state index is 13.0. The van der Waals surface area contributed by atoms with Crippen molar-refractivity contribution in [3.05, 3.63) is 100 Å². The van der Waals surface area contributed by atoms with Crippen molar-refractivity contribution in [2.45, 2.75) is 58.9 Å². The zero-order valence-corrected chi connectivity index (χ0v) is 21.9. The smallest absolute Gasteiger partial charge is 0.251 e. The van der Waals surface area contributed by atoms with Crippen molar-refractivity contribution in [1.29, 1.82) is 0 Å². The minimum atomic E-state index is -0.0326. The molecule has 0 saturated carbocycles. The second kappa shape index (κ2) is 13.3. The van der Waals surface area contributed by atoms with Crippen LogP contribution in [0.5, 0.6) is 5.75 Å². The van der Waals surface area contributed by atoms with Gasteiger partial charge in [-0.05, 0) is 98.1 Å². The molecule has 190 valence electrons. The van der Waals surface area contributed by atoms with Gasteiger partial charge in [0.05, 0.1) is 6.61 Å². The van der Waals surface area contributed by atoms with Crippen LogP contribution in [0.4, 0.5) is 0 Å². The lowest BCUT2D eigenvalue weighted by atomic mass is 9.99. The van der Waals surface area contributed by atoms with E-state index in [9.17, 15) is 4.79 Å². The lowest BCUT2D eigenvalue weighted by molar-refractivity contribution is 0.0954. The molecule has 1 aliphatic rings. The van der Waals surface area contributed by atoms with Gasteiger partial charge in [-0.1, -0.05) is 55.5 Å². The van der Waals surface area contributed by atoms with E-state index in [0.717, 1.165) is 56.6 Å². The molecular formula is C32H40N2O2. The largest absolute Gasteiger partial charge is 0.493 e. The summed E-state index contributed by atoms with van der Waals surface area (Å²) in [7, 11) is 0. The van der Waals surface area contributed by atoms with Crippen molar-refractivity contribution in [3.8, 4) is 5.75 Å². The first-order valence-corrected chi connectivity index (χ1v) is 13.5. The van der Waals surface area contributed by atoms with Gasteiger partial charge in [-0.15, -0.1) is 0 Å². The first-order valence-electron chi connectivity index (χ1n) is 13.5. The van der Waals surface area contributed by atoms with Crippen molar-refractivity contribution < 1.29 is 9.53 Å². The van der Waals surface area contributed by atoms with Gasteiger partial charge in [-0.2, -0.15) is 0 Å². The Balaban J connectivity index is 1.50. The molecule has 0 saturated heterocycles. The SMILES string of the molecule is CCCN1CCCCCOc2ccc(C(=O)NCCc3ccccc3C)cc2Cc2cccc(c2)C1. The van der Waals surface area contributed by atoms with Crippen molar-refractivity contribution >= 4 is 5.91 Å². The van der Waals surface area contributed by atoms with Crippen LogP contribution < -0.4 is 10.1 Å². The number of carbonyl (C=O) groups excluding carboxylic acids is 1. The summed E-state index contributed by atoms with van der Waals surface area (Å²) >= 11 is 0. The van der Waals surface area contributed by atoms with Gasteiger partial charge in [0.25, 0.3) is 5.91 Å². The summed E-state index contributed by atoms with van der Waals surface area (Å²) in [6.07, 6.45) is 6.15. The molecule has 0 unspecified atom stereocenters. The maximum absolute atomic E-state index is 13.0. The standard InChI is InChI=1S/C32H40N2O2/c1-3-18-34-19-7-4-8-20-36-31-15-14-29(23-30(31)22-26-11-9-12-27(21-26)24-34)32(35)33-17-16-28-13-6-5-10-25(28)2/h5-6,9-15,21,23H,3-4,7-8,16-20,22,24H2,1-2H3,(H,33,35). The van der Waals surface area contributed by atoms with E-state index in [2.05, 4.69) is 60.5 Å². The molecule has 0 fully saturated rings. The molecule has 4 nitrogen and oxygen atoms in total. The van der Waals surface area contributed by atoms with Crippen LogP contribution in [0.15, 0.2) is 66.7 Å². The molecule has 0 radical (unpaired) electrons. The first kappa shape index (κ1) is 26.0. The van der Waals surface area contributed by atoms with Crippen LogP contribution in [0.25, 0.3) is 0 Å². The third kappa shape index (κ3) is 7.44. The van der Waals surface area contributed by atoms with Gasteiger partial charge in [0.1, 0.15) is 5.75 Å². The van der Waals surface area contributed by atoms with E-state index in [-0.39, 0.29) is 5.91 Å². The Labute approximate surface area is 216 Å². The molecule has 3 aromatic carbocycles. The van der Waals surface area contributed by atoms with Gasteiger partial charge in [0, 0.05) is 25.1 Å². The van der Waals surface area contributed by atoms with Crippen molar-refractivity contribution in [1.82, 2.24) is 10.2 Å². The highest BCUT2D eigenvalue weighted by Gasteiger charge is 2.13. The summed E-state index contributed by atoms with van der Waals surface area (Å²) < 4.78 is 6.22. The van der Waals surface area contributed by atoms with Gasteiger partial charge in [-0.3, -0.25) is 9.69 Å². The highest BCUT2D eigenvalue weighted by molar-refractivity contribution is 5.94. The minimum absolute atomic E-state index is 0.0326. The van der Waals surface area contributed by atoms with Gasteiger partial charge >= 0.3 is 0 Å². The number of rotatable bonds is 6. The average Bonchev–Trinajstić information content (AvgIpc) is 2.87. The van der Waals surface area contributed by atoms with E-state index < -0.39 is 0 Å². The normalized spacial score (nSPS) is 14.8. The Morgan fingerprint density at radius 1 is 0.972 bits per heavy atom. The van der Waals surface area contributed by atoms with E-state index >= 15 is 0 Å². The maximum Gasteiger partial charge on any atom is 0.251 e. The Hall–Kier alpha value is -3.11. The minimum Gasteiger partial charge on any atom is -0.493 e. The highest BCUT2D eigenvalue weighted by Crippen LogP contribution is 2.25. The molecule has 4 rings (SSSR count). The molecule has 1 amide bonds. The molecule has 3 aromatic rings. The number of nitrogens with one attached hydrogen (secondary N) is 1. The summed E-state index contributed by atoms with van der Waals surface area (Å²) in [5, 5.41) is 3.10. The van der Waals surface area contributed by atoms with Crippen LogP contribution in [0, 0.1) is 6.92 Å². The Morgan fingerprint density at radius 3 is 2.69 bits per heavy atom. The number of aryl methyl sites for hydroxylation is 1. The van der Waals surface area contributed by atoms with Crippen molar-refractivity contribution in [2.24, 2.45) is 0 Å². The van der Waals surface area contributed by atoms with Gasteiger partial charge in [0.15, 0.2) is 0 Å². The molecule has 1 aliphatic heterocycles. The van der Waals surface area contributed by atoms with E-state index in [1.54, 1.807) is 0 Å². The fraction of sp³-hybridized carbons (Fsp3) is 0.406. The molecule has 1 N–H and O–H groups in total. The summed E-state index contributed by atoms with van der Waals surface area (Å²) in [6, 6.07) is 23.1. The molecular weight excluding hydrogens is 444 g/mol. The Morgan fingerprint density at radius 2 is 1.83 bits per heavy atom. The van der Waals surface area contributed by atoms with E-state index in [1.807, 2.05) is 30.3 Å². The van der Waals surface area contributed by atoms with Crippen LogP contribution in [-0.2, 0) is 19.4 Å². The summed E-state index contributed by atoms with van der Waals surface area (Å²) in [5.74, 6) is 0.858. The second-order valence-corrected chi connectivity index (χ2v) is 9.94. The lowest BCUT2D eigenvalue weighted by Gasteiger charge is -2.22. The molecule has 2 bridgehead atoms. The number of hydrogen-bond acceptors (Lipinski definition) is 3. The third-order valence-electron chi connectivity index (χ3n) is 6.97. The number of ether oxygens (including phenoxy) is 1. The Bertz CT molecular complexity index is 1140. The molecule has 0 aliphatic carbocycles. The van der Waals surface area contributed by atoms with Gasteiger partial charge < -0.3 is 10.1 Å². The highest BCUT2D eigenvalue weighted by atomic mass is 16.5. The molecule has 0 aromatic heterocycles. The molecule has 4 heteroatoms. The number of benzene rings is 3. The zero-order chi connectivity index (χ0) is 25.2. The lowest BCUT2D eigenvalue weighted by Crippen LogP contribution is -2.26. The number of amides is 1. The van der Waals surface area contributed by atoms with E-state index in [4.69, 9.17) is 4.74 Å². The van der Waals surface area contributed by atoms with Crippen LogP contribution in [0.1, 0.15) is 70.8 Å². The van der Waals surface area contributed by atoms with Crippen LogP contribution in [0.2, 0.25) is 0 Å². The summed E-state index contributed by atoms with van der Waals surface area (Å²) in [5.41, 5.74) is 6.89. The van der Waals surface area contributed by atoms with E-state index in [0.29, 0.717) is 18.7 Å². The quantitative estimate of drug-likeness (QED) is 0.444. The molecule has 0 atom stereocenters. The number of carbonyl (C=O) groups is 1. The monoisotopic (exact) mass is 484 g/mol. The third-order valence-corrected chi connectivity index (χ3v) is 6.97. The summed E-state index contributed by atoms with van der Waals surface area (Å²) in [6.45, 7) is 8.96. The van der Waals surface area contributed by atoms with Crippen LogP contribution in [0.3, 0.4) is 0 Å². The number of hydrogen-bond donors (Lipinski definition) is 1. The molecule has 0 spiro atoms. The molecule has 36 heavy (non-hydrogen) atoms. The number of fused-ring (bicyclic) bond motifs is 3. The summed E-state index contributed by atoms with van der Waals surface area (Å²) in [4.78, 5) is 15.6. The number of nitrogens with zero attached hydrogens (tertiary/aromatic N) is 1. The van der Waals surface area contributed by atoms with E-state index in [1.165, 1.54) is 35.1 Å². The fourth-order valence-electron chi connectivity index (χ4n) is 5.00. The van der Waals surface area contributed by atoms with Crippen LogP contribution >= 0.6 is 0 Å². The fourth-order valence-corrected chi connectivity index (χ4v) is 5.00. The molecule has 1 heterocycles. The van der Waals surface area contributed by atoms with Crippen molar-refractivity contribution in [3.63, 3.8) is 0 Å². The van der Waals surface area contributed by atoms with Gasteiger partial charge in [-0.25, -0.2) is 0 Å². The topological polar surface area (TPSA) is 41.6 Å². The first-order chi connectivity index (χ1) is 17.6. The predicted octanol–water partition coefficient (Wildman–Crippen LogP) is 6.33. The average molecular weight is 485 g/mol. The van der Waals surface area contributed by atoms with Gasteiger partial charge in [0.2, 0.25) is 0 Å². The van der Waals surface area contributed by atoms with Crippen LogP contribution in [-0.4, -0.2) is 37.0 Å². The van der Waals surface area contributed by atoms with Crippen molar-refractivity contribution in [2.75, 3.05) is 26.2 Å². The second-order valence-electron chi connectivity index (χ2n) is 9.94.